The zero-order chi connectivity index (χ0) is 21.7. The van der Waals surface area contributed by atoms with Crippen LogP contribution in [0.3, 0.4) is 0 Å². The van der Waals surface area contributed by atoms with Gasteiger partial charge in [-0.15, -0.1) is 0 Å². The number of carbonyl (C=O) groups excluding carboxylic acids is 1. The zero-order valence-electron chi connectivity index (χ0n) is 15.7. The van der Waals surface area contributed by atoms with Crippen LogP contribution in [0.25, 0.3) is 17.5 Å². The first-order chi connectivity index (χ1) is 14.2. The molecule has 154 valence electrons. The van der Waals surface area contributed by atoms with E-state index in [1.54, 1.807) is 31.2 Å². The predicted octanol–water partition coefficient (Wildman–Crippen LogP) is 5.01. The molecule has 0 fully saturated rings. The fourth-order valence-electron chi connectivity index (χ4n) is 2.60. The zero-order valence-corrected chi connectivity index (χ0v) is 16.5. The molecule has 5 nitrogen and oxygen atoms in total. The number of halogens is 3. The molecule has 1 aromatic heterocycles. The topological polar surface area (TPSA) is 74.8 Å². The quantitative estimate of drug-likeness (QED) is 0.440. The van der Waals surface area contributed by atoms with E-state index < -0.39 is 11.4 Å². The maximum Gasteiger partial charge on any atom is 0.446 e. The lowest BCUT2D eigenvalue weighted by atomic mass is 10.1. The summed E-state index contributed by atoms with van der Waals surface area (Å²) in [7, 11) is 0. The first kappa shape index (κ1) is 21.4. The Hall–Kier alpha value is -3.33. The number of nitrogens with zero attached hydrogens (tertiary/aromatic N) is 1. The summed E-state index contributed by atoms with van der Waals surface area (Å²) >= 11 is -0.194. The number of alkyl halides is 3. The second-order valence-electron chi connectivity index (χ2n) is 6.26. The van der Waals surface area contributed by atoms with Crippen LogP contribution in [-0.4, -0.2) is 21.4 Å². The van der Waals surface area contributed by atoms with Crippen LogP contribution in [0.5, 0.6) is 0 Å². The van der Waals surface area contributed by atoms with Gasteiger partial charge in [0, 0.05) is 34.0 Å². The number of aromatic amines is 1. The van der Waals surface area contributed by atoms with Crippen LogP contribution in [0.2, 0.25) is 0 Å². The van der Waals surface area contributed by atoms with Crippen LogP contribution in [0.15, 0.2) is 70.4 Å². The second-order valence-corrected chi connectivity index (χ2v) is 7.39. The van der Waals surface area contributed by atoms with Gasteiger partial charge in [-0.2, -0.15) is 13.2 Å². The number of benzene rings is 2. The summed E-state index contributed by atoms with van der Waals surface area (Å²) in [4.78, 5) is 30.8. The van der Waals surface area contributed by atoms with Crippen molar-refractivity contribution < 1.29 is 18.0 Å². The van der Waals surface area contributed by atoms with E-state index in [4.69, 9.17) is 0 Å². The Bertz CT molecular complexity index is 1140. The Kier molecular flexibility index (Phi) is 6.41. The molecule has 0 radical (unpaired) electrons. The standard InChI is InChI=1S/C21H16F3N3O2S/c1-13-11-19(29)27-20(25-13)15-3-2-4-16(12-15)26-18(28)10-7-14-5-8-17(9-6-14)30-21(22,23)24/h2-12H,1H3,(H,26,28)(H,25,27,29)/b10-7+. The molecule has 9 heteroatoms. The van der Waals surface area contributed by atoms with Crippen LogP contribution < -0.4 is 10.9 Å². The van der Waals surface area contributed by atoms with Crippen LogP contribution in [0, 0.1) is 6.92 Å². The van der Waals surface area contributed by atoms with E-state index in [2.05, 4.69) is 15.3 Å². The van der Waals surface area contributed by atoms with E-state index in [-0.39, 0.29) is 22.2 Å². The largest absolute Gasteiger partial charge is 0.446 e. The average molecular weight is 431 g/mol. The average Bonchev–Trinajstić information content (AvgIpc) is 2.66. The molecule has 0 spiro atoms. The van der Waals surface area contributed by atoms with Gasteiger partial charge in [-0.1, -0.05) is 24.3 Å². The molecule has 0 aliphatic carbocycles. The molecular formula is C21H16F3N3O2S. The van der Waals surface area contributed by atoms with E-state index in [0.717, 1.165) is 0 Å². The highest BCUT2D eigenvalue weighted by Gasteiger charge is 2.28. The molecule has 0 unspecified atom stereocenters. The van der Waals surface area contributed by atoms with Gasteiger partial charge in [-0.25, -0.2) is 4.98 Å². The van der Waals surface area contributed by atoms with Gasteiger partial charge >= 0.3 is 5.51 Å². The second kappa shape index (κ2) is 9.00. The first-order valence-electron chi connectivity index (χ1n) is 8.71. The number of hydrogen-bond donors (Lipinski definition) is 2. The highest BCUT2D eigenvalue weighted by atomic mass is 32.2. The van der Waals surface area contributed by atoms with Crippen molar-refractivity contribution in [2.45, 2.75) is 17.3 Å². The highest BCUT2D eigenvalue weighted by Crippen LogP contribution is 2.36. The number of carbonyl (C=O) groups is 1. The Morgan fingerprint density at radius 3 is 2.53 bits per heavy atom. The monoisotopic (exact) mass is 431 g/mol. The molecule has 30 heavy (non-hydrogen) atoms. The summed E-state index contributed by atoms with van der Waals surface area (Å²) in [5.74, 6) is -0.0185. The Balaban J connectivity index is 1.67. The van der Waals surface area contributed by atoms with Crippen molar-refractivity contribution >= 4 is 29.4 Å². The van der Waals surface area contributed by atoms with Gasteiger partial charge in [0.15, 0.2) is 0 Å². The molecule has 0 aliphatic heterocycles. The van der Waals surface area contributed by atoms with Crippen molar-refractivity contribution in [1.82, 2.24) is 9.97 Å². The van der Waals surface area contributed by atoms with Crippen molar-refractivity contribution in [3.8, 4) is 11.4 Å². The van der Waals surface area contributed by atoms with Crippen LogP contribution in [0.1, 0.15) is 11.3 Å². The number of H-pyrrole nitrogens is 1. The van der Waals surface area contributed by atoms with Crippen LogP contribution in [-0.2, 0) is 4.79 Å². The summed E-state index contributed by atoms with van der Waals surface area (Å²) < 4.78 is 37.1. The fraction of sp³-hybridized carbons (Fsp3) is 0.0952. The number of thioether (sulfide) groups is 1. The van der Waals surface area contributed by atoms with Crippen molar-refractivity contribution in [2.24, 2.45) is 0 Å². The SMILES string of the molecule is Cc1cc(=O)[nH]c(-c2cccc(NC(=O)/C=C/c3ccc(SC(F)(F)F)cc3)c2)n1. The molecule has 0 saturated heterocycles. The lowest BCUT2D eigenvalue weighted by molar-refractivity contribution is -0.111. The van der Waals surface area contributed by atoms with Gasteiger partial charge < -0.3 is 10.3 Å². The molecule has 2 N–H and O–H groups in total. The first-order valence-corrected chi connectivity index (χ1v) is 9.53. The number of anilines is 1. The minimum absolute atomic E-state index is 0.0729. The van der Waals surface area contributed by atoms with Crippen molar-refractivity contribution in [2.75, 3.05) is 5.32 Å². The lowest BCUT2D eigenvalue weighted by Gasteiger charge is -2.06. The molecule has 2 aromatic carbocycles. The molecule has 0 aliphatic rings. The third-order valence-electron chi connectivity index (χ3n) is 3.81. The van der Waals surface area contributed by atoms with Gasteiger partial charge in [0.25, 0.3) is 5.56 Å². The smallest absolute Gasteiger partial charge is 0.322 e. The summed E-state index contributed by atoms with van der Waals surface area (Å²) in [6.07, 6.45) is 2.78. The molecule has 1 heterocycles. The lowest BCUT2D eigenvalue weighted by Crippen LogP contribution is -2.10. The minimum Gasteiger partial charge on any atom is -0.322 e. The number of hydrogen-bond acceptors (Lipinski definition) is 4. The van der Waals surface area contributed by atoms with Gasteiger partial charge in [-0.05, 0) is 54.6 Å². The predicted molar refractivity (Wildman–Crippen MR) is 111 cm³/mol. The third kappa shape index (κ3) is 6.35. The molecule has 0 atom stereocenters. The number of aromatic nitrogens is 2. The van der Waals surface area contributed by atoms with Gasteiger partial charge in [0.05, 0.1) is 0 Å². The van der Waals surface area contributed by atoms with E-state index in [9.17, 15) is 22.8 Å². The van der Waals surface area contributed by atoms with E-state index in [1.165, 1.54) is 42.5 Å². The molecule has 3 rings (SSSR count). The Labute approximate surface area is 174 Å². The van der Waals surface area contributed by atoms with E-state index >= 15 is 0 Å². The van der Waals surface area contributed by atoms with E-state index in [1.807, 2.05) is 0 Å². The number of nitrogens with one attached hydrogen (secondary N) is 2. The molecule has 0 bridgehead atoms. The third-order valence-corrected chi connectivity index (χ3v) is 4.55. The summed E-state index contributed by atoms with van der Waals surface area (Å²) in [6.45, 7) is 1.71. The fourth-order valence-corrected chi connectivity index (χ4v) is 3.14. The van der Waals surface area contributed by atoms with Gasteiger partial charge in [0.1, 0.15) is 5.82 Å². The normalized spacial score (nSPS) is 11.6. The van der Waals surface area contributed by atoms with Crippen LogP contribution >= 0.6 is 11.8 Å². The summed E-state index contributed by atoms with van der Waals surface area (Å²) in [5, 5.41) is 2.70. The summed E-state index contributed by atoms with van der Waals surface area (Å²) in [5.41, 5.74) is -2.31. The Morgan fingerprint density at radius 2 is 1.87 bits per heavy atom. The number of aryl methyl sites for hydroxylation is 1. The van der Waals surface area contributed by atoms with Crippen LogP contribution in [0.4, 0.5) is 18.9 Å². The maximum atomic E-state index is 12.4. The molecule has 1 amide bonds. The maximum absolute atomic E-state index is 12.4. The minimum atomic E-state index is -4.34. The molecule has 0 saturated carbocycles. The molecular weight excluding hydrogens is 415 g/mol. The number of rotatable bonds is 5. The van der Waals surface area contributed by atoms with E-state index in [0.29, 0.717) is 28.3 Å². The number of amides is 1. The highest BCUT2D eigenvalue weighted by molar-refractivity contribution is 8.00. The van der Waals surface area contributed by atoms with Crippen molar-refractivity contribution in [1.29, 1.82) is 0 Å². The molecule has 3 aromatic rings. The van der Waals surface area contributed by atoms with Gasteiger partial charge in [0.2, 0.25) is 5.91 Å². The summed E-state index contributed by atoms with van der Waals surface area (Å²) in [6, 6.07) is 13.9. The Morgan fingerprint density at radius 1 is 1.13 bits per heavy atom. The van der Waals surface area contributed by atoms with Crippen molar-refractivity contribution in [3.63, 3.8) is 0 Å². The van der Waals surface area contributed by atoms with Gasteiger partial charge in [-0.3, -0.25) is 9.59 Å². The van der Waals surface area contributed by atoms with Crippen molar-refractivity contribution in [3.05, 3.63) is 82.3 Å².